The van der Waals surface area contributed by atoms with Crippen molar-refractivity contribution in [1.82, 2.24) is 0 Å². The maximum absolute atomic E-state index is 13.3. The van der Waals surface area contributed by atoms with Gasteiger partial charge in [0.05, 0.1) is 20.4 Å². The summed E-state index contributed by atoms with van der Waals surface area (Å²) >= 11 is 0. The van der Waals surface area contributed by atoms with E-state index in [0.717, 1.165) is 30.4 Å². The molecular formula is C25H34O4S2. The lowest BCUT2D eigenvalue weighted by molar-refractivity contribution is 0.591. The molecule has 170 valence electrons. The van der Waals surface area contributed by atoms with Gasteiger partial charge in [0.1, 0.15) is 0 Å². The van der Waals surface area contributed by atoms with Crippen molar-refractivity contribution < 1.29 is 16.8 Å². The van der Waals surface area contributed by atoms with Crippen LogP contribution in [0.15, 0.2) is 69.3 Å². The molecule has 2 aromatic rings. The number of aryl methyl sites for hydroxylation is 2. The summed E-state index contributed by atoms with van der Waals surface area (Å²) in [5, 5.41) is 0. The highest BCUT2D eigenvalue weighted by Crippen LogP contribution is 2.25. The average molecular weight is 463 g/mol. The standard InChI is InChI=1S/C25H34O4S2/c1-4-5-6-7-8-9-10-11-25(31(28,29)24-18-14-22(3)15-19-24)20-30(26,27)23-16-12-21(2)13-17-23/h11-19H,4-10,20H2,1-3H3/b25-11+. The Balaban J connectivity index is 2.27. The van der Waals surface area contributed by atoms with Gasteiger partial charge in [0.15, 0.2) is 9.84 Å². The molecule has 0 fully saturated rings. The van der Waals surface area contributed by atoms with Crippen LogP contribution < -0.4 is 0 Å². The molecule has 31 heavy (non-hydrogen) atoms. The lowest BCUT2D eigenvalue weighted by atomic mass is 10.1. The summed E-state index contributed by atoms with van der Waals surface area (Å²) < 4.78 is 52.5. The highest BCUT2D eigenvalue weighted by atomic mass is 32.2. The molecule has 0 bridgehead atoms. The third kappa shape index (κ3) is 7.62. The van der Waals surface area contributed by atoms with Gasteiger partial charge >= 0.3 is 0 Å². The van der Waals surface area contributed by atoms with Gasteiger partial charge in [-0.15, -0.1) is 0 Å². The van der Waals surface area contributed by atoms with Gasteiger partial charge in [-0.25, -0.2) is 16.8 Å². The lowest BCUT2D eigenvalue weighted by Gasteiger charge is -2.12. The van der Waals surface area contributed by atoms with Crippen molar-refractivity contribution in [2.45, 2.75) is 75.5 Å². The molecule has 0 radical (unpaired) electrons. The molecular weight excluding hydrogens is 428 g/mol. The third-order valence-electron chi connectivity index (χ3n) is 5.32. The zero-order chi connectivity index (χ0) is 22.9. The van der Waals surface area contributed by atoms with Crippen LogP contribution in [0.3, 0.4) is 0 Å². The minimum absolute atomic E-state index is 0.0366. The third-order valence-corrected chi connectivity index (χ3v) is 9.08. The quantitative estimate of drug-likeness (QED) is 0.353. The van der Waals surface area contributed by atoms with Crippen LogP contribution in [0.2, 0.25) is 0 Å². The molecule has 0 unspecified atom stereocenters. The summed E-state index contributed by atoms with van der Waals surface area (Å²) in [7, 11) is -7.66. The molecule has 0 aliphatic heterocycles. The number of rotatable bonds is 12. The largest absolute Gasteiger partial charge is 0.223 e. The Kier molecular flexibility index (Phi) is 9.51. The molecule has 0 heterocycles. The Labute approximate surface area is 188 Å². The molecule has 0 atom stereocenters. The van der Waals surface area contributed by atoms with E-state index in [9.17, 15) is 16.8 Å². The Hall–Kier alpha value is -1.92. The van der Waals surface area contributed by atoms with Crippen LogP contribution in [0.1, 0.15) is 63.0 Å². The van der Waals surface area contributed by atoms with Gasteiger partial charge in [-0.05, 0) is 51.0 Å². The first-order valence-corrected chi connectivity index (χ1v) is 14.1. The fraction of sp³-hybridized carbons (Fsp3) is 0.440. The Morgan fingerprint density at radius 3 is 1.74 bits per heavy atom. The van der Waals surface area contributed by atoms with Crippen LogP contribution in [0.25, 0.3) is 0 Å². The zero-order valence-electron chi connectivity index (χ0n) is 18.8. The van der Waals surface area contributed by atoms with Crippen molar-refractivity contribution >= 4 is 19.7 Å². The first-order valence-electron chi connectivity index (χ1n) is 11.0. The highest BCUT2D eigenvalue weighted by molar-refractivity contribution is 7.98. The fourth-order valence-electron chi connectivity index (χ4n) is 3.32. The van der Waals surface area contributed by atoms with Gasteiger partial charge in [-0.3, -0.25) is 0 Å². The van der Waals surface area contributed by atoms with E-state index in [0.29, 0.717) is 6.42 Å². The van der Waals surface area contributed by atoms with E-state index in [4.69, 9.17) is 0 Å². The Morgan fingerprint density at radius 1 is 0.710 bits per heavy atom. The summed E-state index contributed by atoms with van der Waals surface area (Å²) in [5.74, 6) is -0.526. The second-order valence-corrected chi connectivity index (χ2v) is 12.1. The Bertz CT molecular complexity index is 1060. The zero-order valence-corrected chi connectivity index (χ0v) is 20.4. The number of benzene rings is 2. The Morgan fingerprint density at radius 2 is 1.19 bits per heavy atom. The van der Waals surface area contributed by atoms with Gasteiger partial charge < -0.3 is 0 Å². The monoisotopic (exact) mass is 462 g/mol. The molecule has 2 rings (SSSR count). The molecule has 0 aliphatic rings. The smallest absolute Gasteiger partial charge is 0.203 e. The van der Waals surface area contributed by atoms with Gasteiger partial charge in [0, 0.05) is 0 Å². The molecule has 4 nitrogen and oxygen atoms in total. The molecule has 0 aromatic heterocycles. The second-order valence-electron chi connectivity index (χ2n) is 8.12. The van der Waals surface area contributed by atoms with Crippen LogP contribution >= 0.6 is 0 Å². The topological polar surface area (TPSA) is 68.3 Å². The van der Waals surface area contributed by atoms with Crippen molar-refractivity contribution in [2.75, 3.05) is 5.75 Å². The second kappa shape index (κ2) is 11.6. The van der Waals surface area contributed by atoms with Gasteiger partial charge in [-0.2, -0.15) is 0 Å². The maximum Gasteiger partial charge on any atom is 0.203 e. The van der Waals surface area contributed by atoms with Crippen LogP contribution in [0.5, 0.6) is 0 Å². The van der Waals surface area contributed by atoms with Crippen molar-refractivity contribution in [3.63, 3.8) is 0 Å². The summed E-state index contributed by atoms with van der Waals surface area (Å²) in [6, 6.07) is 13.1. The fourth-order valence-corrected chi connectivity index (χ4v) is 6.75. The van der Waals surface area contributed by atoms with Crippen LogP contribution in [-0.2, 0) is 19.7 Å². The van der Waals surface area contributed by atoms with Crippen molar-refractivity contribution in [2.24, 2.45) is 0 Å². The number of sulfone groups is 2. The molecule has 0 amide bonds. The van der Waals surface area contributed by atoms with Crippen LogP contribution in [0, 0.1) is 13.8 Å². The SMILES string of the molecule is CCCCCCCC/C=C(\CS(=O)(=O)c1ccc(C)cc1)S(=O)(=O)c1ccc(C)cc1. The van der Waals surface area contributed by atoms with Crippen molar-refractivity contribution in [3.05, 3.63) is 70.6 Å². The van der Waals surface area contributed by atoms with Gasteiger partial charge in [0.2, 0.25) is 9.84 Å². The molecule has 0 aliphatic carbocycles. The summed E-state index contributed by atoms with van der Waals surface area (Å²) in [6.45, 7) is 5.93. The van der Waals surface area contributed by atoms with Crippen LogP contribution in [-0.4, -0.2) is 22.6 Å². The van der Waals surface area contributed by atoms with E-state index in [1.54, 1.807) is 42.5 Å². The summed E-state index contributed by atoms with van der Waals surface area (Å²) in [6.07, 6.45) is 8.70. The summed E-state index contributed by atoms with van der Waals surface area (Å²) in [4.78, 5) is 0.236. The first kappa shape index (κ1) is 25.3. The van der Waals surface area contributed by atoms with E-state index in [2.05, 4.69) is 6.92 Å². The molecule has 6 heteroatoms. The highest BCUT2D eigenvalue weighted by Gasteiger charge is 2.27. The number of unbranched alkanes of at least 4 members (excludes halogenated alkanes) is 6. The molecule has 0 saturated carbocycles. The van der Waals surface area contributed by atoms with Crippen molar-refractivity contribution in [3.8, 4) is 0 Å². The van der Waals surface area contributed by atoms with Gasteiger partial charge in [-0.1, -0.05) is 80.5 Å². The predicted molar refractivity (Wildman–Crippen MR) is 128 cm³/mol. The summed E-state index contributed by atoms with van der Waals surface area (Å²) in [5.41, 5.74) is 1.90. The van der Waals surface area contributed by atoms with E-state index < -0.39 is 25.4 Å². The predicted octanol–water partition coefficient (Wildman–Crippen LogP) is 6.19. The number of hydrogen-bond acceptors (Lipinski definition) is 4. The average Bonchev–Trinajstić information content (AvgIpc) is 2.72. The van der Waals surface area contributed by atoms with E-state index in [-0.39, 0.29) is 14.7 Å². The van der Waals surface area contributed by atoms with E-state index in [1.807, 2.05) is 13.8 Å². The van der Waals surface area contributed by atoms with Crippen LogP contribution in [0.4, 0.5) is 0 Å². The number of hydrogen-bond donors (Lipinski definition) is 0. The minimum atomic E-state index is -3.89. The lowest BCUT2D eigenvalue weighted by Crippen LogP contribution is -2.16. The molecule has 0 saturated heterocycles. The molecule has 2 aromatic carbocycles. The van der Waals surface area contributed by atoms with Crippen molar-refractivity contribution in [1.29, 1.82) is 0 Å². The number of allylic oxidation sites excluding steroid dienone is 1. The normalized spacial score (nSPS) is 12.8. The van der Waals surface area contributed by atoms with Gasteiger partial charge in [0.25, 0.3) is 0 Å². The molecule has 0 N–H and O–H groups in total. The minimum Gasteiger partial charge on any atom is -0.223 e. The molecule has 0 spiro atoms. The maximum atomic E-state index is 13.3. The van der Waals surface area contributed by atoms with E-state index in [1.165, 1.54) is 31.4 Å². The first-order chi connectivity index (χ1) is 14.7. The van der Waals surface area contributed by atoms with E-state index >= 15 is 0 Å².